The number of aryl methyl sites for hydroxylation is 1. The number of pyridine rings is 1. The Balaban J connectivity index is 0.00000523. The summed E-state index contributed by atoms with van der Waals surface area (Å²) in [4.78, 5) is 69.8. The number of benzene rings is 2. The van der Waals surface area contributed by atoms with E-state index in [4.69, 9.17) is 0 Å². The number of hydrogen-bond acceptors (Lipinski definition) is 14. The third-order valence-electron chi connectivity index (χ3n) is 7.97. The van der Waals surface area contributed by atoms with Crippen LogP contribution in [0.15, 0.2) is 76.3 Å². The molecule has 0 radical (unpaired) electrons. The van der Waals surface area contributed by atoms with E-state index in [1.54, 1.807) is 6.07 Å². The number of nitrogens with zero attached hydrogens (tertiary/aromatic N) is 4. The molecule has 0 saturated carbocycles. The number of amides is 4. The molecule has 1 saturated heterocycles. The van der Waals surface area contributed by atoms with E-state index in [1.165, 1.54) is 49.1 Å². The molecular weight excluding hydrogens is 742 g/mol. The number of phenols is 1. The molecule has 2 aliphatic heterocycles. The first-order valence-corrected chi connectivity index (χ1v) is 18.0. The van der Waals surface area contributed by atoms with Crippen LogP contribution in [0.25, 0.3) is 11.3 Å². The average molecular weight is 770 g/mol. The smallest absolute Gasteiger partial charge is 0.543 e. The van der Waals surface area contributed by atoms with E-state index in [0.717, 1.165) is 39.1 Å². The number of aromatic nitrogens is 3. The van der Waals surface area contributed by atoms with E-state index >= 15 is 0 Å². The van der Waals surface area contributed by atoms with Gasteiger partial charge in [-0.15, -0.1) is 22.0 Å². The van der Waals surface area contributed by atoms with Gasteiger partial charge in [0.1, 0.15) is 28.8 Å². The summed E-state index contributed by atoms with van der Waals surface area (Å²) in [7, 11) is 1.46. The predicted molar refractivity (Wildman–Crippen MR) is 185 cm³/mol. The standard InChI is InChI=1S/C33H29N7O8S3.Na/c1-15-3-5-16(6-4-15)21-12-11-20(25(42)35-21)26(43)36-22(17-7-9-19(41)10-8-17)27(44)37-23-30(46)40-24(32(47)48)18(13-49-31(23)40)14-50-33-39-38-29(51-33)28(45)34-2;/h3-12,22-23,31,41H,13-14H2,1-2H3,(H,34,45)(H,35,42)(H,36,43)(H,37,44)(H,47,48);/q;+1/p-1/t22?,23?,31-;/m0./s1. The summed E-state index contributed by atoms with van der Waals surface area (Å²) < 4.78 is 0.430. The van der Waals surface area contributed by atoms with Gasteiger partial charge in [-0.05, 0) is 42.3 Å². The molecule has 2 unspecified atom stereocenters. The number of aromatic hydroxyl groups is 2. The fraction of sp³-hybridized carbons (Fsp3) is 0.212. The number of carbonyl (C=O) groups excluding carboxylic acids is 5. The maximum atomic E-state index is 13.8. The molecule has 0 aliphatic carbocycles. The summed E-state index contributed by atoms with van der Waals surface area (Å²) in [6, 6.07) is 13.3. The van der Waals surface area contributed by atoms with Gasteiger partial charge in [-0.1, -0.05) is 65.1 Å². The van der Waals surface area contributed by atoms with Crippen molar-refractivity contribution in [2.75, 3.05) is 18.6 Å². The summed E-state index contributed by atoms with van der Waals surface area (Å²) in [5.74, 6) is -4.60. The normalized spacial score (nSPS) is 16.9. The maximum absolute atomic E-state index is 13.8. The number of thioether (sulfide) groups is 2. The molecular formula is C33H28N7NaO8S3. The number of aliphatic carboxylic acids is 1. The van der Waals surface area contributed by atoms with E-state index in [1.807, 2.05) is 31.2 Å². The summed E-state index contributed by atoms with van der Waals surface area (Å²) in [5.41, 5.74) is 2.33. The summed E-state index contributed by atoms with van der Waals surface area (Å²) >= 11 is 3.43. The van der Waals surface area contributed by atoms with Gasteiger partial charge in [0.25, 0.3) is 17.7 Å². The van der Waals surface area contributed by atoms with Crippen molar-refractivity contribution in [3.63, 3.8) is 0 Å². The van der Waals surface area contributed by atoms with Crippen LogP contribution in [0, 0.1) is 6.92 Å². The Hall–Kier alpha value is -4.46. The van der Waals surface area contributed by atoms with Crippen molar-refractivity contribution >= 4 is 64.5 Å². The number of phenolic OH excluding ortho intramolecular Hbond substituents is 1. The Morgan fingerprint density at radius 2 is 1.73 bits per heavy atom. The molecule has 2 aromatic carbocycles. The Morgan fingerprint density at radius 3 is 2.38 bits per heavy atom. The second-order valence-corrected chi connectivity index (χ2v) is 14.6. The van der Waals surface area contributed by atoms with Crippen LogP contribution in [0.4, 0.5) is 0 Å². The second-order valence-electron chi connectivity index (χ2n) is 11.3. The van der Waals surface area contributed by atoms with Crippen LogP contribution >= 0.6 is 34.9 Å². The Morgan fingerprint density at radius 1 is 1.02 bits per heavy atom. The SMILES string of the molecule is CNC(=O)c1nnc(SCC2=C(C(=O)[O-])N3C(=O)C(NC(=O)C(NC(=O)c4ccc(-c5ccc(C)cc5)nc4O)c4ccc(O)cc4)[C@@H]3SC2)s1.[Na+]. The van der Waals surface area contributed by atoms with Crippen molar-refractivity contribution in [3.8, 4) is 22.9 Å². The van der Waals surface area contributed by atoms with Gasteiger partial charge >= 0.3 is 29.6 Å². The number of carbonyl (C=O) groups is 5. The topological polar surface area (TPSA) is 227 Å². The number of nitrogens with one attached hydrogen (secondary N) is 3. The first-order valence-electron chi connectivity index (χ1n) is 15.2. The van der Waals surface area contributed by atoms with Gasteiger partial charge < -0.3 is 36.1 Å². The molecule has 52 heavy (non-hydrogen) atoms. The van der Waals surface area contributed by atoms with Gasteiger partial charge in [0.2, 0.25) is 16.8 Å². The van der Waals surface area contributed by atoms with E-state index in [-0.39, 0.29) is 68.6 Å². The van der Waals surface area contributed by atoms with Crippen LogP contribution < -0.4 is 50.6 Å². The van der Waals surface area contributed by atoms with E-state index in [9.17, 15) is 39.3 Å². The zero-order valence-electron chi connectivity index (χ0n) is 27.8. The molecule has 2 aromatic heterocycles. The number of fused-ring (bicyclic) bond motifs is 1. The van der Waals surface area contributed by atoms with Crippen LogP contribution in [-0.2, 0) is 14.4 Å². The molecule has 1 fully saturated rings. The van der Waals surface area contributed by atoms with E-state index in [0.29, 0.717) is 15.6 Å². The molecule has 3 atom stereocenters. The van der Waals surface area contributed by atoms with Crippen LogP contribution in [0.1, 0.15) is 37.3 Å². The largest absolute Gasteiger partial charge is 1.00 e. The number of carboxylic acids is 1. The minimum Gasteiger partial charge on any atom is -0.543 e. The van der Waals surface area contributed by atoms with Gasteiger partial charge in [-0.3, -0.25) is 24.1 Å². The molecule has 19 heteroatoms. The van der Waals surface area contributed by atoms with Crippen LogP contribution in [-0.4, -0.2) is 89.9 Å². The molecule has 4 amide bonds. The van der Waals surface area contributed by atoms with E-state index < -0.39 is 52.9 Å². The van der Waals surface area contributed by atoms with Gasteiger partial charge in [-0.25, -0.2) is 4.98 Å². The number of hydrogen-bond donors (Lipinski definition) is 5. The Labute approximate surface area is 331 Å². The number of carboxylic acid groups (broad SMARTS) is 1. The van der Waals surface area contributed by atoms with E-state index in [2.05, 4.69) is 31.1 Å². The van der Waals surface area contributed by atoms with Crippen molar-refractivity contribution in [2.45, 2.75) is 28.7 Å². The average Bonchev–Trinajstić information content (AvgIpc) is 3.60. The summed E-state index contributed by atoms with van der Waals surface area (Å²) in [6.07, 6.45) is 0. The Kier molecular flexibility index (Phi) is 12.3. The number of rotatable bonds is 11. The van der Waals surface area contributed by atoms with Crippen molar-refractivity contribution in [2.24, 2.45) is 0 Å². The molecule has 4 heterocycles. The first kappa shape index (κ1) is 38.8. The molecule has 2 aliphatic rings. The third-order valence-corrected chi connectivity index (χ3v) is 11.4. The van der Waals surface area contributed by atoms with Crippen molar-refractivity contribution < 1.29 is 68.8 Å². The van der Waals surface area contributed by atoms with Crippen molar-refractivity contribution in [1.82, 2.24) is 36.0 Å². The first-order chi connectivity index (χ1) is 24.4. The van der Waals surface area contributed by atoms with Gasteiger partial charge in [0.15, 0.2) is 4.34 Å². The second kappa shape index (κ2) is 16.5. The van der Waals surface area contributed by atoms with Crippen molar-refractivity contribution in [3.05, 3.63) is 93.6 Å². The van der Waals surface area contributed by atoms with Crippen LogP contribution in [0.3, 0.4) is 0 Å². The van der Waals surface area contributed by atoms with Crippen LogP contribution in [0.5, 0.6) is 11.6 Å². The zero-order valence-corrected chi connectivity index (χ0v) is 32.2. The monoisotopic (exact) mass is 769 g/mol. The maximum Gasteiger partial charge on any atom is 1.00 e. The summed E-state index contributed by atoms with van der Waals surface area (Å²) in [6.45, 7) is 1.93. The fourth-order valence-corrected chi connectivity index (χ4v) is 8.60. The minimum absolute atomic E-state index is 0. The molecule has 4 aromatic rings. The van der Waals surface area contributed by atoms with Gasteiger partial charge in [0, 0.05) is 24.1 Å². The van der Waals surface area contributed by atoms with Gasteiger partial charge in [0.05, 0.1) is 17.4 Å². The molecule has 15 nitrogen and oxygen atoms in total. The molecule has 0 bridgehead atoms. The van der Waals surface area contributed by atoms with Crippen LogP contribution in [0.2, 0.25) is 0 Å². The third kappa shape index (κ3) is 8.11. The quantitative estimate of drug-likeness (QED) is 0.0656. The van der Waals surface area contributed by atoms with Crippen molar-refractivity contribution in [1.29, 1.82) is 0 Å². The Bertz CT molecular complexity index is 2080. The minimum atomic E-state index is -1.56. The molecule has 0 spiro atoms. The predicted octanol–water partition coefficient (Wildman–Crippen LogP) is -1.65. The fourth-order valence-electron chi connectivity index (χ4n) is 5.32. The molecule has 5 N–H and O–H groups in total. The molecule has 6 rings (SSSR count). The zero-order chi connectivity index (χ0) is 36.4. The summed E-state index contributed by atoms with van der Waals surface area (Å²) in [5, 5.41) is 47.6. The molecule has 262 valence electrons. The van der Waals surface area contributed by atoms with Gasteiger partial charge in [-0.2, -0.15) is 0 Å². The number of β-lactam (4-membered cyclic amide) rings is 1.